The number of carbonyl (C=O) groups is 2. The number of aromatic amines is 1. The summed E-state index contributed by atoms with van der Waals surface area (Å²) in [4.78, 5) is 30.0. The Morgan fingerprint density at radius 3 is 2.71 bits per heavy atom. The fraction of sp³-hybridized carbons (Fsp3) is 0.200. The van der Waals surface area contributed by atoms with Crippen LogP contribution in [0.5, 0.6) is 5.75 Å². The van der Waals surface area contributed by atoms with Gasteiger partial charge in [-0.2, -0.15) is 0 Å². The molecule has 0 saturated heterocycles. The van der Waals surface area contributed by atoms with E-state index in [0.29, 0.717) is 24.4 Å². The summed E-state index contributed by atoms with van der Waals surface area (Å²) in [6.45, 7) is 1.10. The van der Waals surface area contributed by atoms with Crippen molar-refractivity contribution in [2.45, 2.75) is 13.0 Å². The van der Waals surface area contributed by atoms with E-state index in [2.05, 4.69) is 4.98 Å². The molecule has 6 heteroatoms. The summed E-state index contributed by atoms with van der Waals surface area (Å²) in [5.74, 6) is 0.251. The van der Waals surface area contributed by atoms with Gasteiger partial charge in [0.15, 0.2) is 6.61 Å². The van der Waals surface area contributed by atoms with Crippen LogP contribution in [0.3, 0.4) is 0 Å². The summed E-state index contributed by atoms with van der Waals surface area (Å²) in [6.07, 6.45) is 0.735. The maximum Gasteiger partial charge on any atom is 0.337 e. The lowest BCUT2D eigenvalue weighted by Crippen LogP contribution is -2.38. The predicted octanol–water partition coefficient (Wildman–Crippen LogP) is 4.07. The number of carbonyl (C=O) groups excluding carboxylic acids is 2. The van der Waals surface area contributed by atoms with Crippen molar-refractivity contribution in [2.24, 2.45) is 0 Å². The molecule has 1 aliphatic heterocycles. The predicted molar refractivity (Wildman–Crippen MR) is 118 cm³/mol. The number of rotatable bonds is 4. The molecule has 0 radical (unpaired) electrons. The molecule has 1 aromatic heterocycles. The van der Waals surface area contributed by atoms with E-state index in [9.17, 15) is 9.59 Å². The molecule has 31 heavy (non-hydrogen) atoms. The Morgan fingerprint density at radius 1 is 1.03 bits per heavy atom. The van der Waals surface area contributed by atoms with Gasteiger partial charge in [0.2, 0.25) is 0 Å². The average Bonchev–Trinajstić information content (AvgIpc) is 3.19. The van der Waals surface area contributed by atoms with Crippen LogP contribution in [0.25, 0.3) is 21.7 Å². The number of ether oxygens (including phenoxy) is 2. The molecular weight excluding hydrogens is 392 g/mol. The Kier molecular flexibility index (Phi) is 4.82. The van der Waals surface area contributed by atoms with Gasteiger partial charge < -0.3 is 19.4 Å². The highest BCUT2D eigenvalue weighted by Gasteiger charge is 2.25. The molecule has 0 atom stereocenters. The molecule has 156 valence electrons. The number of hydrogen-bond acceptors (Lipinski definition) is 4. The number of H-pyrrole nitrogens is 1. The fourth-order valence-corrected chi connectivity index (χ4v) is 4.17. The molecule has 1 aliphatic rings. The Labute approximate surface area is 179 Å². The molecule has 0 unspecified atom stereocenters. The van der Waals surface area contributed by atoms with E-state index in [4.69, 9.17) is 9.47 Å². The Morgan fingerprint density at radius 2 is 1.87 bits per heavy atom. The first-order valence-electron chi connectivity index (χ1n) is 10.2. The third kappa shape index (κ3) is 3.61. The Hall–Kier alpha value is -3.80. The number of hydrogen-bond donors (Lipinski definition) is 1. The van der Waals surface area contributed by atoms with Crippen LogP contribution < -0.4 is 4.74 Å². The lowest BCUT2D eigenvalue weighted by atomic mass is 10.0. The van der Waals surface area contributed by atoms with Gasteiger partial charge >= 0.3 is 5.97 Å². The maximum absolute atomic E-state index is 12.8. The van der Waals surface area contributed by atoms with Crippen molar-refractivity contribution in [1.29, 1.82) is 0 Å². The monoisotopic (exact) mass is 414 g/mol. The van der Waals surface area contributed by atoms with Crippen molar-refractivity contribution >= 4 is 33.6 Å². The van der Waals surface area contributed by atoms with E-state index < -0.39 is 0 Å². The molecule has 0 fully saturated rings. The largest absolute Gasteiger partial charge is 0.484 e. The Balaban J connectivity index is 1.32. The zero-order valence-corrected chi connectivity index (χ0v) is 17.2. The highest BCUT2D eigenvalue weighted by atomic mass is 16.5. The smallest absolute Gasteiger partial charge is 0.337 e. The molecule has 1 N–H and O–H groups in total. The average molecular weight is 414 g/mol. The van der Waals surface area contributed by atoms with Gasteiger partial charge in [0.05, 0.1) is 12.7 Å². The van der Waals surface area contributed by atoms with Crippen molar-refractivity contribution in [3.8, 4) is 5.75 Å². The van der Waals surface area contributed by atoms with Crippen molar-refractivity contribution in [1.82, 2.24) is 9.88 Å². The minimum absolute atomic E-state index is 0.0105. The van der Waals surface area contributed by atoms with E-state index in [1.54, 1.807) is 6.07 Å². The molecule has 1 amide bonds. The van der Waals surface area contributed by atoms with Crippen LogP contribution in [0, 0.1) is 0 Å². The molecule has 6 nitrogen and oxygen atoms in total. The number of amides is 1. The van der Waals surface area contributed by atoms with E-state index in [0.717, 1.165) is 39.4 Å². The van der Waals surface area contributed by atoms with E-state index >= 15 is 0 Å². The summed E-state index contributed by atoms with van der Waals surface area (Å²) >= 11 is 0. The first-order chi connectivity index (χ1) is 15.1. The van der Waals surface area contributed by atoms with E-state index in [1.807, 2.05) is 59.5 Å². The number of nitrogens with one attached hydrogen (secondary N) is 1. The number of nitrogens with zero attached hydrogens (tertiary/aromatic N) is 1. The van der Waals surface area contributed by atoms with Crippen molar-refractivity contribution in [2.75, 3.05) is 20.3 Å². The van der Waals surface area contributed by atoms with Crippen LogP contribution in [0.4, 0.5) is 0 Å². The molecule has 0 aliphatic carbocycles. The van der Waals surface area contributed by atoms with Gasteiger partial charge in [0.1, 0.15) is 5.75 Å². The second-order valence-electron chi connectivity index (χ2n) is 7.70. The summed E-state index contributed by atoms with van der Waals surface area (Å²) in [7, 11) is 1.37. The van der Waals surface area contributed by atoms with Gasteiger partial charge in [-0.15, -0.1) is 0 Å². The molecule has 0 saturated carbocycles. The second-order valence-corrected chi connectivity index (χ2v) is 7.70. The zero-order chi connectivity index (χ0) is 21.4. The van der Waals surface area contributed by atoms with Crippen molar-refractivity contribution in [3.05, 3.63) is 77.5 Å². The number of fused-ring (bicyclic) bond motifs is 4. The number of methoxy groups -OCH3 is 1. The first kappa shape index (κ1) is 19.2. The van der Waals surface area contributed by atoms with Gasteiger partial charge in [-0.3, -0.25) is 4.79 Å². The SMILES string of the molecule is COC(=O)c1ccc2[nH]c3c(c2c1)CN(C(=O)COc1ccc2ccccc2c1)CC3. The molecule has 5 rings (SSSR count). The van der Waals surface area contributed by atoms with E-state index in [1.165, 1.54) is 7.11 Å². The summed E-state index contributed by atoms with van der Waals surface area (Å²) in [5.41, 5.74) is 3.61. The number of aromatic nitrogens is 1. The summed E-state index contributed by atoms with van der Waals surface area (Å²) in [5, 5.41) is 3.16. The van der Waals surface area contributed by atoms with Gasteiger partial charge in [-0.05, 0) is 41.1 Å². The Bertz CT molecular complexity index is 1310. The minimum Gasteiger partial charge on any atom is -0.484 e. The van der Waals surface area contributed by atoms with Gasteiger partial charge in [-0.1, -0.05) is 30.3 Å². The third-order valence-electron chi connectivity index (χ3n) is 5.83. The van der Waals surface area contributed by atoms with Crippen LogP contribution in [0.2, 0.25) is 0 Å². The summed E-state index contributed by atoms with van der Waals surface area (Å²) in [6, 6.07) is 19.3. The van der Waals surface area contributed by atoms with E-state index in [-0.39, 0.29) is 18.5 Å². The lowest BCUT2D eigenvalue weighted by molar-refractivity contribution is -0.134. The highest BCUT2D eigenvalue weighted by molar-refractivity contribution is 5.96. The quantitative estimate of drug-likeness (QED) is 0.511. The normalized spacial score (nSPS) is 13.3. The van der Waals surface area contributed by atoms with Crippen molar-refractivity contribution < 1.29 is 19.1 Å². The van der Waals surface area contributed by atoms with Crippen molar-refractivity contribution in [3.63, 3.8) is 0 Å². The highest BCUT2D eigenvalue weighted by Crippen LogP contribution is 2.29. The van der Waals surface area contributed by atoms with Crippen LogP contribution in [0.15, 0.2) is 60.7 Å². The molecular formula is C25H22N2O4. The van der Waals surface area contributed by atoms with Gasteiger partial charge in [-0.25, -0.2) is 4.79 Å². The van der Waals surface area contributed by atoms with Crippen LogP contribution in [-0.4, -0.2) is 42.0 Å². The van der Waals surface area contributed by atoms with Crippen LogP contribution in [0.1, 0.15) is 21.6 Å². The van der Waals surface area contributed by atoms with Gasteiger partial charge in [0, 0.05) is 41.7 Å². The fourth-order valence-electron chi connectivity index (χ4n) is 4.17. The maximum atomic E-state index is 12.8. The lowest BCUT2D eigenvalue weighted by Gasteiger charge is -2.27. The summed E-state index contributed by atoms with van der Waals surface area (Å²) < 4.78 is 10.6. The standard InChI is InChI=1S/C25H22N2O4/c1-30-25(29)18-7-9-22-20(13-18)21-14-27(11-10-23(21)26-22)24(28)15-31-19-8-6-16-4-2-3-5-17(16)12-19/h2-9,12-13,26H,10-11,14-15H2,1H3. The van der Waals surface area contributed by atoms with Crippen LogP contribution >= 0.6 is 0 Å². The minimum atomic E-state index is -0.371. The number of esters is 1. The van der Waals surface area contributed by atoms with Gasteiger partial charge in [0.25, 0.3) is 5.91 Å². The molecule has 0 bridgehead atoms. The first-order valence-corrected chi connectivity index (χ1v) is 10.2. The van der Waals surface area contributed by atoms with Crippen LogP contribution in [-0.2, 0) is 22.5 Å². The topological polar surface area (TPSA) is 71.6 Å². The zero-order valence-electron chi connectivity index (χ0n) is 17.2. The molecule has 0 spiro atoms. The molecule has 4 aromatic rings. The number of benzene rings is 3. The molecule has 3 aromatic carbocycles. The molecule has 2 heterocycles. The third-order valence-corrected chi connectivity index (χ3v) is 5.83. The second kappa shape index (κ2) is 7.80.